The first-order valence-electron chi connectivity index (χ1n) is 4.96. The highest BCUT2D eigenvalue weighted by Gasteiger charge is 2.04. The lowest BCUT2D eigenvalue weighted by Gasteiger charge is -2.03. The van der Waals surface area contributed by atoms with Crippen molar-refractivity contribution < 1.29 is 4.42 Å². The summed E-state index contributed by atoms with van der Waals surface area (Å²) in [6.45, 7) is 1.79. The molecule has 2 rings (SSSR count). The maximum atomic E-state index is 5.88. The van der Waals surface area contributed by atoms with Crippen molar-refractivity contribution in [3.63, 3.8) is 0 Å². The molecule has 0 aliphatic carbocycles. The highest BCUT2D eigenvalue weighted by atomic mass is 79.9. The van der Waals surface area contributed by atoms with Gasteiger partial charge in [0.05, 0.1) is 5.75 Å². The molecule has 0 fully saturated rings. The lowest BCUT2D eigenvalue weighted by Crippen LogP contribution is -1.85. The lowest BCUT2D eigenvalue weighted by atomic mass is 10.2. The molecule has 0 N–H and O–H groups in total. The number of aromatic nitrogens is 2. The van der Waals surface area contributed by atoms with E-state index in [-0.39, 0.29) is 0 Å². The third kappa shape index (κ3) is 3.72. The fraction of sp³-hybridized carbons (Fsp3) is 0.273. The number of hydrogen-bond acceptors (Lipinski definition) is 4. The summed E-state index contributed by atoms with van der Waals surface area (Å²) >= 11 is 11.1. The van der Waals surface area contributed by atoms with E-state index in [1.165, 1.54) is 5.56 Å². The minimum absolute atomic E-state index is 0.605. The molecule has 3 nitrogen and oxygen atoms in total. The Kier molecular flexibility index (Phi) is 4.48. The quantitative estimate of drug-likeness (QED) is 0.839. The van der Waals surface area contributed by atoms with Crippen molar-refractivity contribution >= 4 is 39.3 Å². The Morgan fingerprint density at radius 3 is 2.82 bits per heavy atom. The third-order valence-corrected chi connectivity index (χ3v) is 4.01. The minimum Gasteiger partial charge on any atom is -0.425 e. The Balaban J connectivity index is 1.90. The second-order valence-electron chi connectivity index (χ2n) is 3.44. The molecule has 90 valence electrons. The first-order chi connectivity index (χ1) is 8.15. The van der Waals surface area contributed by atoms with Gasteiger partial charge in [-0.15, -0.1) is 22.0 Å². The van der Waals surface area contributed by atoms with E-state index in [4.69, 9.17) is 16.0 Å². The van der Waals surface area contributed by atoms with Crippen LogP contribution in [-0.4, -0.2) is 10.2 Å². The SMILES string of the molecule is Cc1nnc(CSCc2ccc(Cl)cc2Br)o1. The van der Waals surface area contributed by atoms with Gasteiger partial charge in [-0.2, -0.15) is 0 Å². The maximum absolute atomic E-state index is 5.88. The van der Waals surface area contributed by atoms with Crippen molar-refractivity contribution in [3.05, 3.63) is 45.0 Å². The Morgan fingerprint density at radius 2 is 2.18 bits per heavy atom. The first-order valence-corrected chi connectivity index (χ1v) is 7.28. The topological polar surface area (TPSA) is 38.9 Å². The van der Waals surface area contributed by atoms with E-state index < -0.39 is 0 Å². The van der Waals surface area contributed by atoms with Gasteiger partial charge < -0.3 is 4.42 Å². The van der Waals surface area contributed by atoms with Gasteiger partial charge in [-0.05, 0) is 17.7 Å². The summed E-state index contributed by atoms with van der Waals surface area (Å²) in [4.78, 5) is 0. The number of halogens is 2. The van der Waals surface area contributed by atoms with Crippen LogP contribution < -0.4 is 0 Å². The molecule has 0 spiro atoms. The van der Waals surface area contributed by atoms with Crippen LogP contribution in [0.15, 0.2) is 27.1 Å². The number of benzene rings is 1. The van der Waals surface area contributed by atoms with E-state index in [0.717, 1.165) is 21.0 Å². The van der Waals surface area contributed by atoms with Gasteiger partial charge in [-0.1, -0.05) is 33.6 Å². The lowest BCUT2D eigenvalue weighted by molar-refractivity contribution is 0.485. The molecule has 0 radical (unpaired) electrons. The average molecular weight is 334 g/mol. The molecule has 0 aliphatic heterocycles. The second-order valence-corrected chi connectivity index (χ2v) is 5.72. The number of rotatable bonds is 4. The van der Waals surface area contributed by atoms with Crippen molar-refractivity contribution in [2.75, 3.05) is 0 Å². The molecule has 17 heavy (non-hydrogen) atoms. The summed E-state index contributed by atoms with van der Waals surface area (Å²) < 4.78 is 6.32. The van der Waals surface area contributed by atoms with E-state index in [1.54, 1.807) is 18.7 Å². The molecule has 0 bridgehead atoms. The Labute approximate surface area is 117 Å². The highest BCUT2D eigenvalue weighted by Crippen LogP contribution is 2.26. The summed E-state index contributed by atoms with van der Waals surface area (Å²) in [5.41, 5.74) is 1.20. The van der Waals surface area contributed by atoms with Gasteiger partial charge in [0.1, 0.15) is 0 Å². The average Bonchev–Trinajstić information content (AvgIpc) is 2.68. The molecular weight excluding hydrogens is 324 g/mol. The summed E-state index contributed by atoms with van der Waals surface area (Å²) in [5.74, 6) is 2.86. The van der Waals surface area contributed by atoms with Gasteiger partial charge in [0.2, 0.25) is 11.8 Å². The van der Waals surface area contributed by atoms with Crippen LogP contribution >= 0.6 is 39.3 Å². The van der Waals surface area contributed by atoms with Crippen molar-refractivity contribution in [3.8, 4) is 0 Å². The largest absolute Gasteiger partial charge is 0.425 e. The number of nitrogens with zero attached hydrogens (tertiary/aromatic N) is 2. The van der Waals surface area contributed by atoms with E-state index >= 15 is 0 Å². The van der Waals surface area contributed by atoms with Crippen LogP contribution in [-0.2, 0) is 11.5 Å². The van der Waals surface area contributed by atoms with E-state index in [9.17, 15) is 0 Å². The van der Waals surface area contributed by atoms with E-state index in [1.807, 2.05) is 18.2 Å². The fourth-order valence-electron chi connectivity index (χ4n) is 1.28. The van der Waals surface area contributed by atoms with Crippen LogP contribution in [0.2, 0.25) is 5.02 Å². The van der Waals surface area contributed by atoms with Crippen LogP contribution in [0.25, 0.3) is 0 Å². The van der Waals surface area contributed by atoms with Crippen LogP contribution in [0.1, 0.15) is 17.3 Å². The Hall–Kier alpha value is -0.520. The molecule has 0 atom stereocenters. The predicted octanol–water partition coefficient (Wildman–Crippen LogP) is 4.23. The van der Waals surface area contributed by atoms with Crippen LogP contribution in [0.3, 0.4) is 0 Å². The molecule has 1 heterocycles. The standard InChI is InChI=1S/C11H10BrClN2OS/c1-7-14-15-11(16-7)6-17-5-8-2-3-9(13)4-10(8)12/h2-4H,5-6H2,1H3. The molecule has 0 amide bonds. The molecule has 0 aliphatic rings. The van der Waals surface area contributed by atoms with E-state index in [2.05, 4.69) is 26.1 Å². The van der Waals surface area contributed by atoms with Gasteiger partial charge in [-0.25, -0.2) is 0 Å². The maximum Gasteiger partial charge on any atom is 0.226 e. The third-order valence-electron chi connectivity index (χ3n) is 2.07. The van der Waals surface area contributed by atoms with Gasteiger partial charge in [0.15, 0.2) is 0 Å². The first kappa shape index (κ1) is 12.9. The Morgan fingerprint density at radius 1 is 1.35 bits per heavy atom. The van der Waals surface area contributed by atoms with Gasteiger partial charge >= 0.3 is 0 Å². The zero-order valence-corrected chi connectivity index (χ0v) is 12.3. The minimum atomic E-state index is 0.605. The van der Waals surface area contributed by atoms with Crippen LogP contribution in [0.4, 0.5) is 0 Å². The number of aryl methyl sites for hydroxylation is 1. The Bertz CT molecular complexity index is 518. The van der Waals surface area contributed by atoms with E-state index in [0.29, 0.717) is 11.8 Å². The molecular formula is C11H10BrClN2OS. The summed E-state index contributed by atoms with van der Waals surface area (Å²) in [6, 6.07) is 5.80. The zero-order chi connectivity index (χ0) is 12.3. The molecule has 0 saturated heterocycles. The molecule has 6 heteroatoms. The molecule has 2 aromatic rings. The van der Waals surface area contributed by atoms with Crippen LogP contribution in [0.5, 0.6) is 0 Å². The number of thioether (sulfide) groups is 1. The van der Waals surface area contributed by atoms with Gasteiger partial charge in [0.25, 0.3) is 0 Å². The highest BCUT2D eigenvalue weighted by molar-refractivity contribution is 9.10. The smallest absolute Gasteiger partial charge is 0.226 e. The summed E-state index contributed by atoms with van der Waals surface area (Å²) in [6.07, 6.45) is 0. The second kappa shape index (κ2) is 5.89. The van der Waals surface area contributed by atoms with Gasteiger partial charge in [-0.3, -0.25) is 0 Å². The predicted molar refractivity (Wildman–Crippen MR) is 73.2 cm³/mol. The molecule has 0 unspecified atom stereocenters. The van der Waals surface area contributed by atoms with Crippen molar-refractivity contribution in [2.45, 2.75) is 18.4 Å². The summed E-state index contributed by atoms with van der Waals surface area (Å²) in [7, 11) is 0. The van der Waals surface area contributed by atoms with Crippen molar-refractivity contribution in [2.24, 2.45) is 0 Å². The fourth-order valence-corrected chi connectivity index (χ4v) is 3.16. The zero-order valence-electron chi connectivity index (χ0n) is 9.11. The normalized spacial score (nSPS) is 10.8. The summed E-state index contributed by atoms with van der Waals surface area (Å²) in [5, 5.41) is 8.46. The van der Waals surface area contributed by atoms with Gasteiger partial charge in [0, 0.05) is 22.2 Å². The molecule has 0 saturated carbocycles. The number of hydrogen-bond donors (Lipinski definition) is 0. The van der Waals surface area contributed by atoms with Crippen molar-refractivity contribution in [1.29, 1.82) is 0 Å². The molecule has 1 aromatic heterocycles. The van der Waals surface area contributed by atoms with Crippen LogP contribution in [0, 0.1) is 6.92 Å². The molecule has 1 aromatic carbocycles. The van der Waals surface area contributed by atoms with Crippen molar-refractivity contribution in [1.82, 2.24) is 10.2 Å². The monoisotopic (exact) mass is 332 g/mol.